The number of nitrogens with zero attached hydrogens (tertiary/aromatic N) is 3. The maximum Gasteiger partial charge on any atom is 0.128 e. The molecule has 2 unspecified atom stereocenters. The van der Waals surface area contributed by atoms with Crippen LogP contribution in [0.2, 0.25) is 0 Å². The number of likely N-dealkylation sites (N-methyl/N-ethyl adjacent to an activating group) is 1. The molecule has 2 atom stereocenters. The summed E-state index contributed by atoms with van der Waals surface area (Å²) in [6.45, 7) is 5.12. The molecule has 0 amide bonds. The predicted molar refractivity (Wildman–Crippen MR) is 85.0 cm³/mol. The molecule has 1 aromatic heterocycles. The Bertz CT molecular complexity index is 577. The summed E-state index contributed by atoms with van der Waals surface area (Å²) in [5.74, 6) is 0.934. The quantitative estimate of drug-likeness (QED) is 0.774. The van der Waals surface area contributed by atoms with Crippen molar-refractivity contribution >= 4 is 38.6 Å². The van der Waals surface area contributed by atoms with E-state index in [1.165, 1.54) is 0 Å². The Balaban J connectivity index is 2.59. The lowest BCUT2D eigenvalue weighted by Crippen LogP contribution is -2.23. The second kappa shape index (κ2) is 5.81. The predicted octanol–water partition coefficient (Wildman–Crippen LogP) is 4.22. The topological polar surface area (TPSA) is 21.1 Å². The number of benzene rings is 1. The fourth-order valence-electron chi connectivity index (χ4n) is 2.44. The van der Waals surface area contributed by atoms with Gasteiger partial charge in [-0.2, -0.15) is 0 Å². The van der Waals surface area contributed by atoms with Gasteiger partial charge in [0.2, 0.25) is 0 Å². The minimum absolute atomic E-state index is 0.101. The van der Waals surface area contributed by atoms with Crippen LogP contribution in [0.3, 0.4) is 0 Å². The number of rotatable bonds is 4. The lowest BCUT2D eigenvalue weighted by Gasteiger charge is -2.22. The van der Waals surface area contributed by atoms with Crippen LogP contribution in [-0.4, -0.2) is 35.1 Å². The SMILES string of the molecule is CC(Cl)c1nc2ccc(Br)cc2n1C(C)CN(C)C. The third kappa shape index (κ3) is 3.12. The Labute approximate surface area is 127 Å². The number of halogens is 2. The zero-order chi connectivity index (χ0) is 14.2. The Hall–Kier alpha value is -0.580. The zero-order valence-corrected chi connectivity index (χ0v) is 14.0. The van der Waals surface area contributed by atoms with E-state index in [1.54, 1.807) is 0 Å². The summed E-state index contributed by atoms with van der Waals surface area (Å²) in [5, 5.41) is -0.101. The maximum atomic E-state index is 6.29. The van der Waals surface area contributed by atoms with Crippen molar-refractivity contribution in [3.63, 3.8) is 0 Å². The van der Waals surface area contributed by atoms with Crippen molar-refractivity contribution in [2.45, 2.75) is 25.3 Å². The number of hydrogen-bond donors (Lipinski definition) is 0. The van der Waals surface area contributed by atoms with Gasteiger partial charge in [-0.25, -0.2) is 4.98 Å². The standard InChI is InChI=1S/C14H19BrClN3/c1-9(8-18(3)4)19-13-7-11(15)5-6-12(13)17-14(19)10(2)16/h5-7,9-10H,8H2,1-4H3. The highest BCUT2D eigenvalue weighted by Gasteiger charge is 2.19. The molecular formula is C14H19BrClN3. The van der Waals surface area contributed by atoms with Gasteiger partial charge in [0.05, 0.1) is 16.4 Å². The van der Waals surface area contributed by atoms with Crippen LogP contribution in [0.4, 0.5) is 0 Å². The molecule has 0 bridgehead atoms. The van der Waals surface area contributed by atoms with Crippen molar-refractivity contribution in [1.29, 1.82) is 0 Å². The first-order valence-electron chi connectivity index (χ1n) is 6.36. The number of hydrogen-bond acceptors (Lipinski definition) is 2. The third-order valence-electron chi connectivity index (χ3n) is 3.10. The van der Waals surface area contributed by atoms with Gasteiger partial charge in [0, 0.05) is 17.1 Å². The number of aromatic nitrogens is 2. The molecular weight excluding hydrogens is 326 g/mol. The van der Waals surface area contributed by atoms with Crippen molar-refractivity contribution in [2.75, 3.05) is 20.6 Å². The third-order valence-corrected chi connectivity index (χ3v) is 3.79. The molecule has 2 aromatic rings. The average molecular weight is 345 g/mol. The van der Waals surface area contributed by atoms with Gasteiger partial charge in [-0.1, -0.05) is 15.9 Å². The summed E-state index contributed by atoms with van der Waals surface area (Å²) >= 11 is 9.82. The van der Waals surface area contributed by atoms with E-state index in [1.807, 2.05) is 19.1 Å². The van der Waals surface area contributed by atoms with Gasteiger partial charge in [0.15, 0.2) is 0 Å². The van der Waals surface area contributed by atoms with Gasteiger partial charge in [-0.15, -0.1) is 11.6 Å². The summed E-state index contributed by atoms with van der Waals surface area (Å²) in [7, 11) is 4.16. The molecule has 104 valence electrons. The fourth-order valence-corrected chi connectivity index (χ4v) is 2.94. The van der Waals surface area contributed by atoms with E-state index in [0.29, 0.717) is 6.04 Å². The van der Waals surface area contributed by atoms with E-state index in [9.17, 15) is 0 Å². The molecule has 0 aliphatic heterocycles. The van der Waals surface area contributed by atoms with Crippen LogP contribution in [0, 0.1) is 0 Å². The van der Waals surface area contributed by atoms with Crippen LogP contribution in [-0.2, 0) is 0 Å². The molecule has 0 radical (unpaired) electrons. The molecule has 0 N–H and O–H groups in total. The van der Waals surface area contributed by atoms with E-state index in [4.69, 9.17) is 11.6 Å². The summed E-state index contributed by atoms with van der Waals surface area (Å²) in [6.07, 6.45) is 0. The monoisotopic (exact) mass is 343 g/mol. The minimum Gasteiger partial charge on any atom is -0.323 e. The molecule has 0 aliphatic rings. The first kappa shape index (κ1) is 14.8. The Kier molecular flexibility index (Phi) is 4.54. The van der Waals surface area contributed by atoms with Crippen molar-refractivity contribution < 1.29 is 0 Å². The highest BCUT2D eigenvalue weighted by Crippen LogP contribution is 2.29. The smallest absolute Gasteiger partial charge is 0.128 e. The van der Waals surface area contributed by atoms with Gasteiger partial charge in [-0.3, -0.25) is 0 Å². The summed E-state index contributed by atoms with van der Waals surface area (Å²) in [6, 6.07) is 6.47. The molecule has 0 aliphatic carbocycles. The highest BCUT2D eigenvalue weighted by molar-refractivity contribution is 9.10. The van der Waals surface area contributed by atoms with E-state index >= 15 is 0 Å². The lowest BCUT2D eigenvalue weighted by molar-refractivity contribution is 0.336. The number of imidazole rings is 1. The molecule has 0 saturated carbocycles. The Morgan fingerprint density at radius 2 is 2.05 bits per heavy atom. The number of fused-ring (bicyclic) bond motifs is 1. The molecule has 1 aromatic carbocycles. The maximum absolute atomic E-state index is 6.29. The fraction of sp³-hybridized carbons (Fsp3) is 0.500. The molecule has 19 heavy (non-hydrogen) atoms. The first-order valence-corrected chi connectivity index (χ1v) is 7.59. The van der Waals surface area contributed by atoms with Crippen molar-refractivity contribution in [3.05, 3.63) is 28.5 Å². The van der Waals surface area contributed by atoms with Crippen LogP contribution in [0.25, 0.3) is 11.0 Å². The summed E-state index contributed by atoms with van der Waals surface area (Å²) in [5.41, 5.74) is 2.13. The van der Waals surface area contributed by atoms with Gasteiger partial charge in [0.25, 0.3) is 0 Å². The molecule has 0 saturated heterocycles. The molecule has 2 rings (SSSR count). The van der Waals surface area contributed by atoms with Gasteiger partial charge in [-0.05, 0) is 46.1 Å². The summed E-state index contributed by atoms with van der Waals surface area (Å²) in [4.78, 5) is 6.85. The van der Waals surface area contributed by atoms with Gasteiger partial charge in [0.1, 0.15) is 5.82 Å². The molecule has 5 heteroatoms. The normalized spacial score (nSPS) is 15.1. The van der Waals surface area contributed by atoms with Crippen molar-refractivity contribution in [3.8, 4) is 0 Å². The summed E-state index contributed by atoms with van der Waals surface area (Å²) < 4.78 is 3.31. The first-order chi connectivity index (χ1) is 8.90. The average Bonchev–Trinajstić information content (AvgIpc) is 2.66. The molecule has 0 fully saturated rings. The van der Waals surface area contributed by atoms with Crippen molar-refractivity contribution in [2.24, 2.45) is 0 Å². The van der Waals surface area contributed by atoms with E-state index in [0.717, 1.165) is 27.9 Å². The van der Waals surface area contributed by atoms with E-state index in [2.05, 4.69) is 57.5 Å². The largest absolute Gasteiger partial charge is 0.323 e. The molecule has 1 heterocycles. The Morgan fingerprint density at radius 3 is 2.63 bits per heavy atom. The lowest BCUT2D eigenvalue weighted by atomic mass is 10.2. The second-order valence-corrected chi connectivity index (χ2v) is 6.77. The molecule has 0 spiro atoms. The number of alkyl halides is 1. The zero-order valence-electron chi connectivity index (χ0n) is 11.7. The second-order valence-electron chi connectivity index (χ2n) is 5.20. The van der Waals surface area contributed by atoms with Crippen molar-refractivity contribution in [1.82, 2.24) is 14.5 Å². The van der Waals surface area contributed by atoms with Gasteiger partial charge < -0.3 is 9.47 Å². The van der Waals surface area contributed by atoms with Gasteiger partial charge >= 0.3 is 0 Å². The minimum atomic E-state index is -0.101. The van der Waals surface area contributed by atoms with Crippen LogP contribution < -0.4 is 0 Å². The van der Waals surface area contributed by atoms with Crippen LogP contribution >= 0.6 is 27.5 Å². The van der Waals surface area contributed by atoms with Crippen LogP contribution in [0.15, 0.2) is 22.7 Å². The van der Waals surface area contributed by atoms with E-state index < -0.39 is 0 Å². The van der Waals surface area contributed by atoms with Crippen LogP contribution in [0.5, 0.6) is 0 Å². The highest BCUT2D eigenvalue weighted by atomic mass is 79.9. The Morgan fingerprint density at radius 1 is 1.37 bits per heavy atom. The van der Waals surface area contributed by atoms with E-state index in [-0.39, 0.29) is 5.38 Å². The molecule has 3 nitrogen and oxygen atoms in total. The van der Waals surface area contributed by atoms with Crippen LogP contribution in [0.1, 0.15) is 31.1 Å².